The number of rotatable bonds is 8. The molecular weight excluding hydrogens is 548 g/mol. The normalized spacial score (nSPS) is 13.4. The summed E-state index contributed by atoms with van der Waals surface area (Å²) in [6.45, 7) is 0.146. The van der Waals surface area contributed by atoms with Crippen LogP contribution in [0.2, 0.25) is 0 Å². The lowest BCUT2D eigenvalue weighted by Crippen LogP contribution is -2.19. The van der Waals surface area contributed by atoms with E-state index in [9.17, 15) is 24.5 Å². The van der Waals surface area contributed by atoms with E-state index >= 15 is 0 Å². The lowest BCUT2D eigenvalue weighted by atomic mass is 10.1. The number of thioether (sulfide) groups is 1. The summed E-state index contributed by atoms with van der Waals surface area (Å²) in [5, 5.41) is 14.4. The van der Waals surface area contributed by atoms with Crippen molar-refractivity contribution in [2.24, 2.45) is 4.99 Å². The molecule has 1 aliphatic rings. The van der Waals surface area contributed by atoms with E-state index in [1.807, 2.05) is 0 Å². The van der Waals surface area contributed by atoms with Gasteiger partial charge in [-0.1, -0.05) is 23.7 Å². The van der Waals surface area contributed by atoms with Crippen LogP contribution in [-0.4, -0.2) is 45.9 Å². The molecule has 38 heavy (non-hydrogen) atoms. The third-order valence-corrected chi connectivity index (χ3v) is 9.04. The van der Waals surface area contributed by atoms with Gasteiger partial charge in [0, 0.05) is 17.0 Å². The number of anilines is 1. The van der Waals surface area contributed by atoms with Crippen LogP contribution in [0.1, 0.15) is 40.1 Å². The van der Waals surface area contributed by atoms with Gasteiger partial charge in [0.05, 0.1) is 45.9 Å². The maximum absolute atomic E-state index is 12.6. The number of benzene rings is 1. The van der Waals surface area contributed by atoms with Gasteiger partial charge in [-0.15, -0.1) is 29.5 Å². The standard InChI is InChI=1S/C25H24N4O6S3/c1-3-11-28-17-10-9-15(29(33)34)12-19(17)38-25(28)27-21(31)14-36-13-20(30)26-23-22(24(32)35-2)16-7-5-4-6-8-18(16)37-23/h1,9-10,12H,4-8,11,13-14H2,2H3,(H,26,30). The van der Waals surface area contributed by atoms with Gasteiger partial charge in [-0.05, 0) is 37.3 Å². The van der Waals surface area contributed by atoms with Crippen LogP contribution in [-0.2, 0) is 33.7 Å². The summed E-state index contributed by atoms with van der Waals surface area (Å²) < 4.78 is 7.20. The van der Waals surface area contributed by atoms with Crippen LogP contribution in [0, 0.1) is 22.5 Å². The third kappa shape index (κ3) is 6.15. The fourth-order valence-electron chi connectivity index (χ4n) is 4.19. The molecule has 0 bridgehead atoms. The van der Waals surface area contributed by atoms with Gasteiger partial charge in [0.15, 0.2) is 4.80 Å². The van der Waals surface area contributed by atoms with E-state index in [2.05, 4.69) is 16.2 Å². The Balaban J connectivity index is 1.43. The molecular formula is C25H24N4O6S3. The number of thiazole rings is 1. The average molecular weight is 573 g/mol. The van der Waals surface area contributed by atoms with E-state index in [4.69, 9.17) is 11.2 Å². The number of nitro groups is 1. The lowest BCUT2D eigenvalue weighted by Gasteiger charge is -2.07. The Bertz CT molecular complexity index is 1530. The van der Waals surface area contributed by atoms with Gasteiger partial charge in [0.1, 0.15) is 5.00 Å². The minimum atomic E-state index is -0.491. The van der Waals surface area contributed by atoms with E-state index in [0.29, 0.717) is 25.6 Å². The topological polar surface area (TPSA) is 133 Å². The van der Waals surface area contributed by atoms with Crippen LogP contribution < -0.4 is 10.1 Å². The summed E-state index contributed by atoms with van der Waals surface area (Å²) >= 11 is 3.64. The van der Waals surface area contributed by atoms with Crippen molar-refractivity contribution >= 4 is 73.1 Å². The van der Waals surface area contributed by atoms with Crippen molar-refractivity contribution in [2.75, 3.05) is 23.9 Å². The zero-order chi connectivity index (χ0) is 27.2. The number of non-ortho nitro benzene ring substituents is 1. The van der Waals surface area contributed by atoms with Crippen molar-refractivity contribution < 1.29 is 24.0 Å². The number of hydrogen-bond acceptors (Lipinski definition) is 9. The van der Waals surface area contributed by atoms with Crippen LogP contribution in [0.3, 0.4) is 0 Å². The Morgan fingerprint density at radius 1 is 1.24 bits per heavy atom. The number of carbonyl (C=O) groups excluding carboxylic acids is 3. The molecule has 0 aliphatic heterocycles. The molecule has 1 N–H and O–H groups in total. The molecule has 0 unspecified atom stereocenters. The Hall–Kier alpha value is -3.47. The van der Waals surface area contributed by atoms with Gasteiger partial charge < -0.3 is 14.6 Å². The summed E-state index contributed by atoms with van der Waals surface area (Å²) in [5.74, 6) is 1.19. The maximum atomic E-state index is 12.6. The van der Waals surface area contributed by atoms with Crippen LogP contribution in [0.15, 0.2) is 23.2 Å². The number of esters is 1. The largest absolute Gasteiger partial charge is 0.465 e. The Morgan fingerprint density at radius 2 is 2.03 bits per heavy atom. The molecule has 1 aromatic carbocycles. The molecule has 1 aliphatic carbocycles. The number of nitrogens with zero attached hydrogens (tertiary/aromatic N) is 3. The van der Waals surface area contributed by atoms with Crippen molar-refractivity contribution in [1.82, 2.24) is 4.57 Å². The highest BCUT2D eigenvalue weighted by molar-refractivity contribution is 8.00. The fraction of sp³-hybridized carbons (Fsp3) is 0.360. The third-order valence-electron chi connectivity index (χ3n) is 5.87. The molecule has 10 nitrogen and oxygen atoms in total. The second-order valence-electron chi connectivity index (χ2n) is 8.39. The summed E-state index contributed by atoms with van der Waals surface area (Å²) in [5.41, 5.74) is 1.98. The first kappa shape index (κ1) is 27.6. The highest BCUT2D eigenvalue weighted by Crippen LogP contribution is 2.38. The van der Waals surface area contributed by atoms with Crippen molar-refractivity contribution in [3.05, 3.63) is 49.1 Å². The minimum Gasteiger partial charge on any atom is -0.465 e. The number of nitro benzene ring substituents is 1. The van der Waals surface area contributed by atoms with Gasteiger partial charge in [-0.3, -0.25) is 19.7 Å². The van der Waals surface area contributed by atoms with Crippen LogP contribution in [0.4, 0.5) is 10.7 Å². The summed E-state index contributed by atoms with van der Waals surface area (Å²) in [4.78, 5) is 53.8. The molecule has 2 aromatic heterocycles. The smallest absolute Gasteiger partial charge is 0.341 e. The van der Waals surface area contributed by atoms with E-state index in [1.54, 1.807) is 10.6 Å². The lowest BCUT2D eigenvalue weighted by molar-refractivity contribution is -0.384. The number of fused-ring (bicyclic) bond motifs is 2. The molecule has 2 amide bonds. The van der Waals surface area contributed by atoms with Crippen LogP contribution >= 0.6 is 34.4 Å². The maximum Gasteiger partial charge on any atom is 0.341 e. The number of thiophene rings is 1. The number of ether oxygens (including phenoxy) is 1. The zero-order valence-electron chi connectivity index (χ0n) is 20.5. The number of hydrogen-bond donors (Lipinski definition) is 1. The first-order valence-electron chi connectivity index (χ1n) is 11.7. The second kappa shape index (κ2) is 12.4. The van der Waals surface area contributed by atoms with Crippen molar-refractivity contribution in [3.63, 3.8) is 0 Å². The molecule has 0 atom stereocenters. The van der Waals surface area contributed by atoms with E-state index in [0.717, 1.165) is 65.6 Å². The Morgan fingerprint density at radius 3 is 2.76 bits per heavy atom. The average Bonchev–Trinajstić information content (AvgIpc) is 3.30. The molecule has 198 valence electrons. The zero-order valence-corrected chi connectivity index (χ0v) is 22.9. The number of aryl methyl sites for hydroxylation is 1. The summed E-state index contributed by atoms with van der Waals surface area (Å²) in [6, 6.07) is 4.37. The van der Waals surface area contributed by atoms with Gasteiger partial charge in [-0.2, -0.15) is 4.99 Å². The van der Waals surface area contributed by atoms with E-state index in [-0.39, 0.29) is 29.6 Å². The molecule has 0 saturated carbocycles. The van der Waals surface area contributed by atoms with Crippen LogP contribution in [0.5, 0.6) is 0 Å². The number of nitrogens with one attached hydrogen (secondary N) is 1. The van der Waals surface area contributed by atoms with Crippen molar-refractivity contribution in [2.45, 2.75) is 38.6 Å². The molecule has 4 rings (SSSR count). The first-order chi connectivity index (χ1) is 18.3. The molecule has 0 spiro atoms. The number of aromatic nitrogens is 1. The highest BCUT2D eigenvalue weighted by Gasteiger charge is 2.26. The van der Waals surface area contributed by atoms with Crippen LogP contribution in [0.25, 0.3) is 10.2 Å². The molecule has 13 heteroatoms. The quantitative estimate of drug-likeness (QED) is 0.141. The Labute approximate surface area is 230 Å². The fourth-order valence-corrected chi connectivity index (χ4v) is 7.16. The number of amides is 2. The minimum absolute atomic E-state index is 0.00654. The molecule has 0 fully saturated rings. The van der Waals surface area contributed by atoms with Crippen molar-refractivity contribution in [3.8, 4) is 12.3 Å². The Kier molecular flexibility index (Phi) is 8.98. The van der Waals surface area contributed by atoms with Gasteiger partial charge in [0.2, 0.25) is 5.91 Å². The number of carbonyl (C=O) groups is 3. The molecule has 0 saturated heterocycles. The van der Waals surface area contributed by atoms with E-state index in [1.165, 1.54) is 30.6 Å². The second-order valence-corrected chi connectivity index (χ2v) is 11.5. The van der Waals surface area contributed by atoms with Gasteiger partial charge in [0.25, 0.3) is 11.6 Å². The molecule has 2 heterocycles. The summed E-state index contributed by atoms with van der Waals surface area (Å²) in [6.07, 6.45) is 10.2. The van der Waals surface area contributed by atoms with Crippen molar-refractivity contribution in [1.29, 1.82) is 0 Å². The van der Waals surface area contributed by atoms with Gasteiger partial charge in [-0.25, -0.2) is 4.79 Å². The van der Waals surface area contributed by atoms with Gasteiger partial charge >= 0.3 is 5.97 Å². The predicted octanol–water partition coefficient (Wildman–Crippen LogP) is 4.16. The molecule has 0 radical (unpaired) electrons. The highest BCUT2D eigenvalue weighted by atomic mass is 32.2. The first-order valence-corrected chi connectivity index (χ1v) is 14.5. The number of terminal acetylenes is 1. The summed E-state index contributed by atoms with van der Waals surface area (Å²) in [7, 11) is 1.32. The molecule has 3 aromatic rings. The predicted molar refractivity (Wildman–Crippen MR) is 149 cm³/mol. The SMILES string of the molecule is C#CCn1c(=NC(=O)CSCC(=O)Nc2sc3c(c2C(=O)OC)CCCCC3)sc2cc([N+](=O)[O-])ccc21. The number of methoxy groups -OCH3 is 1. The monoisotopic (exact) mass is 572 g/mol. The van der Waals surface area contributed by atoms with E-state index < -0.39 is 16.8 Å².